The number of hydrazine groups is 1. The molecule has 0 saturated heterocycles. The highest BCUT2D eigenvalue weighted by molar-refractivity contribution is 5.57. The van der Waals surface area contributed by atoms with Crippen LogP contribution in [0.1, 0.15) is 0 Å². The van der Waals surface area contributed by atoms with Crippen LogP contribution in [0.4, 0.5) is 11.4 Å². The topological polar surface area (TPSA) is 64.6 Å². The Morgan fingerprint density at radius 1 is 1.21 bits per heavy atom. The molecule has 0 saturated carbocycles. The van der Waals surface area contributed by atoms with E-state index < -0.39 is 0 Å². The van der Waals surface area contributed by atoms with Gasteiger partial charge in [0.05, 0.1) is 0 Å². The van der Waals surface area contributed by atoms with Gasteiger partial charge in [0.2, 0.25) is 0 Å². The van der Waals surface area contributed by atoms with Crippen LogP contribution in [-0.4, -0.2) is 7.05 Å². The minimum atomic E-state index is 0.438. The number of hydrogen-bond acceptors (Lipinski definition) is 5. The Labute approximate surface area is 82.4 Å². The Balaban J connectivity index is 2.83. The van der Waals surface area contributed by atoms with Crippen molar-refractivity contribution in [2.24, 2.45) is 0 Å². The summed E-state index contributed by atoms with van der Waals surface area (Å²) in [5.41, 5.74) is 3.29. The molecule has 5 nitrogen and oxygen atoms in total. The van der Waals surface area contributed by atoms with E-state index >= 15 is 0 Å². The Morgan fingerprint density at radius 2 is 1.71 bits per heavy atom. The van der Waals surface area contributed by atoms with E-state index in [0.717, 1.165) is 6.20 Å². The molecule has 0 atom stereocenters. The molecule has 0 radical (unpaired) electrons. The highest BCUT2D eigenvalue weighted by Crippen LogP contribution is 2.18. The Bertz CT molecular complexity index is 299. The van der Waals surface area contributed by atoms with Crippen molar-refractivity contribution in [3.63, 3.8) is 0 Å². The van der Waals surface area contributed by atoms with Crippen molar-refractivity contribution in [2.75, 3.05) is 17.3 Å². The molecule has 0 heterocycles. The first-order chi connectivity index (χ1) is 6.69. The van der Waals surface area contributed by atoms with Gasteiger partial charge in [-0.3, -0.25) is 0 Å². The third kappa shape index (κ3) is 2.23. The summed E-state index contributed by atoms with van der Waals surface area (Å²) in [6.07, 6.45) is 1.15. The highest BCUT2D eigenvalue weighted by Gasteiger charge is 1.94. The van der Waals surface area contributed by atoms with Crippen LogP contribution >= 0.6 is 0 Å². The summed E-state index contributed by atoms with van der Waals surface area (Å²) in [6.45, 7) is 3.34. The van der Waals surface area contributed by atoms with Crippen molar-refractivity contribution >= 4 is 11.4 Å². The maximum atomic E-state index is 11.1. The van der Waals surface area contributed by atoms with Crippen LogP contribution in [0.25, 0.3) is 0 Å². The number of hydrogen-bond donors (Lipinski definition) is 1. The summed E-state index contributed by atoms with van der Waals surface area (Å²) < 4.78 is 0. The molecule has 0 unspecified atom stereocenters. The maximum Gasteiger partial charge on any atom is 0.0406 e. The van der Waals surface area contributed by atoms with E-state index in [-0.39, 0.29) is 0 Å². The van der Waals surface area contributed by atoms with Crippen molar-refractivity contribution in [3.8, 4) is 0 Å². The fourth-order valence-corrected chi connectivity index (χ4v) is 0.969. The van der Waals surface area contributed by atoms with E-state index in [0.29, 0.717) is 21.6 Å². The quantitative estimate of drug-likeness (QED) is 0.735. The first-order valence-corrected chi connectivity index (χ1v) is 4.02. The zero-order chi connectivity index (χ0) is 10.6. The molecule has 1 aromatic carbocycles. The third-order valence-corrected chi connectivity index (χ3v) is 1.71. The molecule has 1 aromatic rings. The summed E-state index contributed by atoms with van der Waals surface area (Å²) in [6, 6.07) is 6.19. The van der Waals surface area contributed by atoms with E-state index in [9.17, 15) is 10.4 Å². The van der Waals surface area contributed by atoms with Gasteiger partial charge in [0.25, 0.3) is 0 Å². The normalized spacial score (nSPS) is 9.64. The van der Waals surface area contributed by atoms with Crippen LogP contribution in [0, 0.1) is 10.4 Å². The number of hydroxylamine groups is 1. The summed E-state index contributed by atoms with van der Waals surface area (Å²) in [4.78, 5) is 0. The SMILES string of the molecule is C=CN([O-])c1ccc(N([O-])NC)cc1. The molecule has 0 amide bonds. The molecule has 0 bridgehead atoms. The predicted octanol–water partition coefficient (Wildman–Crippen LogP) is 1.57. The molecule has 1 N–H and O–H groups in total. The summed E-state index contributed by atoms with van der Waals surface area (Å²) in [5.74, 6) is 0. The second kappa shape index (κ2) is 4.61. The Kier molecular flexibility index (Phi) is 3.47. The summed E-state index contributed by atoms with van der Waals surface area (Å²) in [7, 11) is 1.52. The van der Waals surface area contributed by atoms with Crippen molar-refractivity contribution in [1.82, 2.24) is 5.43 Å². The molecule has 0 aliphatic carbocycles. The minimum absolute atomic E-state index is 0.438. The van der Waals surface area contributed by atoms with Crippen LogP contribution in [-0.2, 0) is 0 Å². The van der Waals surface area contributed by atoms with Gasteiger partial charge in [-0.25, -0.2) is 5.43 Å². The lowest BCUT2D eigenvalue weighted by atomic mass is 10.3. The number of anilines is 2. The van der Waals surface area contributed by atoms with Gasteiger partial charge in [-0.1, -0.05) is 6.58 Å². The van der Waals surface area contributed by atoms with Gasteiger partial charge in [0.1, 0.15) is 0 Å². The first kappa shape index (κ1) is 10.5. The van der Waals surface area contributed by atoms with Gasteiger partial charge in [0.15, 0.2) is 0 Å². The zero-order valence-electron chi connectivity index (χ0n) is 7.80. The van der Waals surface area contributed by atoms with Gasteiger partial charge in [-0.2, -0.15) is 0 Å². The second-order valence-electron chi connectivity index (χ2n) is 2.54. The highest BCUT2D eigenvalue weighted by atomic mass is 16.5. The standard InChI is InChI=1S/C9H11N3O2/c1-3-11(13)8-4-6-9(7-5-8)12(14)10-2/h3-7,10H,1H2,2H3/q-2. The lowest BCUT2D eigenvalue weighted by Crippen LogP contribution is -2.28. The van der Waals surface area contributed by atoms with E-state index in [4.69, 9.17) is 0 Å². The fourth-order valence-electron chi connectivity index (χ4n) is 0.969. The van der Waals surface area contributed by atoms with E-state index in [1.807, 2.05) is 0 Å². The number of nitrogens with zero attached hydrogens (tertiary/aromatic N) is 2. The van der Waals surface area contributed by atoms with Crippen LogP contribution in [0.15, 0.2) is 37.0 Å². The van der Waals surface area contributed by atoms with Gasteiger partial charge in [0, 0.05) is 18.4 Å². The van der Waals surface area contributed by atoms with E-state index in [2.05, 4.69) is 12.0 Å². The number of rotatable bonds is 4. The minimum Gasteiger partial charge on any atom is -0.754 e. The van der Waals surface area contributed by atoms with E-state index in [1.54, 1.807) is 24.3 Å². The van der Waals surface area contributed by atoms with Crippen LogP contribution < -0.4 is 15.7 Å². The van der Waals surface area contributed by atoms with Crippen molar-refractivity contribution in [2.45, 2.75) is 0 Å². The molecule has 0 aromatic heterocycles. The molecule has 0 aliphatic rings. The van der Waals surface area contributed by atoms with E-state index in [1.165, 1.54) is 7.05 Å². The number of nitrogens with one attached hydrogen (secondary N) is 1. The average molecular weight is 193 g/mol. The van der Waals surface area contributed by atoms with Crippen molar-refractivity contribution in [3.05, 3.63) is 47.5 Å². The second-order valence-corrected chi connectivity index (χ2v) is 2.54. The molecule has 76 valence electrons. The van der Waals surface area contributed by atoms with Gasteiger partial charge in [-0.15, -0.1) is 0 Å². The van der Waals surface area contributed by atoms with Gasteiger partial charge >= 0.3 is 0 Å². The Hall–Kier alpha value is -1.56. The van der Waals surface area contributed by atoms with Crippen LogP contribution in [0.5, 0.6) is 0 Å². The summed E-state index contributed by atoms with van der Waals surface area (Å²) >= 11 is 0. The monoisotopic (exact) mass is 193 g/mol. The smallest absolute Gasteiger partial charge is 0.0406 e. The lowest BCUT2D eigenvalue weighted by Gasteiger charge is -2.30. The van der Waals surface area contributed by atoms with Gasteiger partial charge < -0.3 is 20.6 Å². The Morgan fingerprint density at radius 3 is 2.14 bits per heavy atom. The van der Waals surface area contributed by atoms with Gasteiger partial charge in [-0.05, 0) is 30.5 Å². The van der Waals surface area contributed by atoms with Crippen LogP contribution in [0.2, 0.25) is 0 Å². The fraction of sp³-hybridized carbons (Fsp3) is 0.111. The number of benzene rings is 1. The molecule has 5 heteroatoms. The molecular formula is C9H11N3O2-2. The van der Waals surface area contributed by atoms with Crippen molar-refractivity contribution in [1.29, 1.82) is 0 Å². The van der Waals surface area contributed by atoms with Crippen molar-refractivity contribution < 1.29 is 0 Å². The lowest BCUT2D eigenvalue weighted by molar-refractivity contribution is 0.830. The maximum absolute atomic E-state index is 11.1. The van der Waals surface area contributed by atoms with Crippen LogP contribution in [0.3, 0.4) is 0 Å². The molecule has 14 heavy (non-hydrogen) atoms. The average Bonchev–Trinajstić information content (AvgIpc) is 2.27. The first-order valence-electron chi connectivity index (χ1n) is 4.02. The third-order valence-electron chi connectivity index (χ3n) is 1.71. The molecule has 0 fully saturated rings. The summed E-state index contributed by atoms with van der Waals surface area (Å²) in [5, 5.41) is 23.3. The molecular weight excluding hydrogens is 182 g/mol. The predicted molar refractivity (Wildman–Crippen MR) is 57.4 cm³/mol. The largest absolute Gasteiger partial charge is 0.754 e. The molecule has 0 aliphatic heterocycles. The zero-order valence-corrected chi connectivity index (χ0v) is 7.80. The molecule has 1 rings (SSSR count). The molecule has 0 spiro atoms.